The van der Waals surface area contributed by atoms with Gasteiger partial charge in [0.1, 0.15) is 5.76 Å². The third kappa shape index (κ3) is 4.58. The molecule has 1 fully saturated rings. The molecule has 0 saturated heterocycles. The number of nitrogens with zero attached hydrogens (tertiary/aromatic N) is 1. The van der Waals surface area contributed by atoms with Crippen molar-refractivity contribution >= 4 is 17.5 Å². The Balaban J connectivity index is 1.75. The first kappa shape index (κ1) is 21.0. The lowest BCUT2D eigenvalue weighted by Gasteiger charge is -2.30. The molecule has 0 aliphatic heterocycles. The lowest BCUT2D eigenvalue weighted by atomic mass is 10.0. The number of furan rings is 2. The molecule has 31 heavy (non-hydrogen) atoms. The summed E-state index contributed by atoms with van der Waals surface area (Å²) in [5, 5.41) is 3.12. The summed E-state index contributed by atoms with van der Waals surface area (Å²) in [5.41, 5.74) is 1.76. The van der Waals surface area contributed by atoms with Crippen molar-refractivity contribution in [3.05, 3.63) is 78.1 Å². The molecule has 1 N–H and O–H groups in total. The lowest BCUT2D eigenvalue weighted by Crippen LogP contribution is -2.46. The Morgan fingerprint density at radius 3 is 2.23 bits per heavy atom. The highest BCUT2D eigenvalue weighted by atomic mass is 16.3. The van der Waals surface area contributed by atoms with Crippen LogP contribution in [0.3, 0.4) is 0 Å². The monoisotopic (exact) mass is 420 g/mol. The van der Waals surface area contributed by atoms with Crippen LogP contribution >= 0.6 is 0 Å². The van der Waals surface area contributed by atoms with Crippen LogP contribution in [0.1, 0.15) is 73.4 Å². The quantitative estimate of drug-likeness (QED) is 0.552. The second kappa shape index (κ2) is 9.25. The molecule has 6 nitrogen and oxygen atoms in total. The van der Waals surface area contributed by atoms with E-state index < -0.39 is 11.9 Å². The Bertz CT molecular complexity index is 985. The average Bonchev–Trinajstić information content (AvgIpc) is 3.55. The van der Waals surface area contributed by atoms with E-state index in [4.69, 9.17) is 8.83 Å². The number of hydrogen-bond acceptors (Lipinski definition) is 4. The van der Waals surface area contributed by atoms with E-state index in [2.05, 4.69) is 19.2 Å². The van der Waals surface area contributed by atoms with Crippen LogP contribution < -0.4 is 10.2 Å². The van der Waals surface area contributed by atoms with Crippen molar-refractivity contribution in [3.8, 4) is 0 Å². The van der Waals surface area contributed by atoms with Gasteiger partial charge in [-0.05, 0) is 60.7 Å². The SMILES string of the molecule is CC(C)c1ccc(N(C(=O)c2ccco2)[C@H](C(=O)NC2CCCC2)c2ccco2)cc1. The van der Waals surface area contributed by atoms with Gasteiger partial charge in [0.25, 0.3) is 11.8 Å². The predicted octanol–water partition coefficient (Wildman–Crippen LogP) is 5.44. The summed E-state index contributed by atoms with van der Waals surface area (Å²) in [4.78, 5) is 28.4. The van der Waals surface area contributed by atoms with Crippen LogP contribution in [0.2, 0.25) is 0 Å². The largest absolute Gasteiger partial charge is 0.467 e. The van der Waals surface area contributed by atoms with Gasteiger partial charge >= 0.3 is 0 Å². The summed E-state index contributed by atoms with van der Waals surface area (Å²) in [6.45, 7) is 4.23. The molecule has 2 amide bonds. The van der Waals surface area contributed by atoms with Gasteiger partial charge in [-0.25, -0.2) is 0 Å². The minimum atomic E-state index is -0.946. The zero-order chi connectivity index (χ0) is 21.8. The summed E-state index contributed by atoms with van der Waals surface area (Å²) < 4.78 is 11.0. The number of anilines is 1. The summed E-state index contributed by atoms with van der Waals surface area (Å²) >= 11 is 0. The highest BCUT2D eigenvalue weighted by molar-refractivity contribution is 6.08. The Labute approximate surface area is 182 Å². The highest BCUT2D eigenvalue weighted by Crippen LogP contribution is 2.32. The number of rotatable bonds is 7. The van der Waals surface area contributed by atoms with E-state index >= 15 is 0 Å². The van der Waals surface area contributed by atoms with Crippen LogP contribution in [0.5, 0.6) is 0 Å². The van der Waals surface area contributed by atoms with E-state index in [1.807, 2.05) is 24.3 Å². The van der Waals surface area contributed by atoms with Crippen LogP contribution in [0.4, 0.5) is 5.69 Å². The molecule has 0 bridgehead atoms. The fraction of sp³-hybridized carbons (Fsp3) is 0.360. The smallest absolute Gasteiger partial charge is 0.295 e. The molecule has 0 radical (unpaired) electrons. The average molecular weight is 421 g/mol. The molecule has 162 valence electrons. The van der Waals surface area contributed by atoms with Crippen molar-refractivity contribution < 1.29 is 18.4 Å². The van der Waals surface area contributed by atoms with Gasteiger partial charge in [0.2, 0.25) is 0 Å². The van der Waals surface area contributed by atoms with Gasteiger partial charge in [-0.1, -0.05) is 38.8 Å². The van der Waals surface area contributed by atoms with E-state index in [9.17, 15) is 9.59 Å². The normalized spacial score (nSPS) is 15.2. The summed E-state index contributed by atoms with van der Waals surface area (Å²) in [6, 6.07) is 13.6. The second-order valence-electron chi connectivity index (χ2n) is 8.31. The fourth-order valence-electron chi connectivity index (χ4n) is 4.09. The number of carbonyl (C=O) groups is 2. The molecule has 3 aromatic rings. The topological polar surface area (TPSA) is 75.7 Å². The van der Waals surface area contributed by atoms with Gasteiger partial charge in [-0.2, -0.15) is 0 Å². The molecule has 0 unspecified atom stereocenters. The zero-order valence-electron chi connectivity index (χ0n) is 17.9. The van der Waals surface area contributed by atoms with E-state index in [0.29, 0.717) is 17.4 Å². The minimum absolute atomic E-state index is 0.119. The van der Waals surface area contributed by atoms with Gasteiger partial charge in [0, 0.05) is 11.7 Å². The maximum Gasteiger partial charge on any atom is 0.295 e. The number of benzene rings is 1. The third-order valence-electron chi connectivity index (χ3n) is 5.81. The molecule has 1 atom stereocenters. The second-order valence-corrected chi connectivity index (χ2v) is 8.31. The first-order valence-corrected chi connectivity index (χ1v) is 10.9. The summed E-state index contributed by atoms with van der Waals surface area (Å²) in [5.74, 6) is 0.274. The van der Waals surface area contributed by atoms with Crippen molar-refractivity contribution in [2.24, 2.45) is 0 Å². The number of carbonyl (C=O) groups excluding carboxylic acids is 2. The molecule has 1 aromatic carbocycles. The van der Waals surface area contributed by atoms with E-state index in [-0.39, 0.29) is 17.7 Å². The van der Waals surface area contributed by atoms with Crippen molar-refractivity contribution in [2.45, 2.75) is 57.5 Å². The molecule has 1 saturated carbocycles. The van der Waals surface area contributed by atoms with Crippen molar-refractivity contribution in [1.29, 1.82) is 0 Å². The van der Waals surface area contributed by atoms with Gasteiger partial charge < -0.3 is 14.2 Å². The Morgan fingerprint density at radius 2 is 1.65 bits per heavy atom. The standard InChI is InChI=1S/C25H28N2O4/c1-17(2)18-11-13-20(14-12-18)27(25(29)22-10-6-16-31-22)23(21-9-5-15-30-21)24(28)26-19-7-3-4-8-19/h5-6,9-17,19,23H,3-4,7-8H2,1-2H3,(H,26,28)/t23-/m0/s1. The van der Waals surface area contributed by atoms with Crippen molar-refractivity contribution in [2.75, 3.05) is 4.90 Å². The van der Waals surface area contributed by atoms with Crippen molar-refractivity contribution in [3.63, 3.8) is 0 Å². The number of hydrogen-bond donors (Lipinski definition) is 1. The summed E-state index contributed by atoms with van der Waals surface area (Å²) in [6.07, 6.45) is 7.07. The molecule has 2 aromatic heterocycles. The van der Waals surface area contributed by atoms with Crippen LogP contribution in [-0.2, 0) is 4.79 Å². The molecular weight excluding hydrogens is 392 g/mol. The Kier molecular flexibility index (Phi) is 6.26. The molecule has 2 heterocycles. The lowest BCUT2D eigenvalue weighted by molar-refractivity contribution is -0.123. The minimum Gasteiger partial charge on any atom is -0.467 e. The Morgan fingerprint density at radius 1 is 0.968 bits per heavy atom. The van der Waals surface area contributed by atoms with E-state index in [1.165, 1.54) is 17.4 Å². The first-order valence-electron chi connectivity index (χ1n) is 10.9. The predicted molar refractivity (Wildman–Crippen MR) is 118 cm³/mol. The molecule has 4 rings (SSSR count). The maximum absolute atomic E-state index is 13.5. The van der Waals surface area contributed by atoms with Gasteiger partial charge in [0.05, 0.1) is 12.5 Å². The molecular formula is C25H28N2O4. The molecule has 1 aliphatic carbocycles. The molecule has 0 spiro atoms. The number of nitrogens with one attached hydrogen (secondary N) is 1. The van der Waals surface area contributed by atoms with Gasteiger partial charge in [-0.15, -0.1) is 0 Å². The number of amides is 2. The van der Waals surface area contributed by atoms with E-state index in [1.54, 1.807) is 24.3 Å². The summed E-state index contributed by atoms with van der Waals surface area (Å²) in [7, 11) is 0. The van der Waals surface area contributed by atoms with Crippen LogP contribution in [0.15, 0.2) is 69.9 Å². The van der Waals surface area contributed by atoms with Crippen LogP contribution in [0, 0.1) is 0 Å². The third-order valence-corrected chi connectivity index (χ3v) is 5.81. The highest BCUT2D eigenvalue weighted by Gasteiger charge is 2.37. The van der Waals surface area contributed by atoms with Crippen LogP contribution in [-0.4, -0.2) is 17.9 Å². The van der Waals surface area contributed by atoms with Crippen molar-refractivity contribution in [1.82, 2.24) is 5.32 Å². The van der Waals surface area contributed by atoms with Gasteiger partial charge in [-0.3, -0.25) is 14.5 Å². The Hall–Kier alpha value is -3.28. The first-order chi connectivity index (χ1) is 15.0. The van der Waals surface area contributed by atoms with E-state index in [0.717, 1.165) is 31.2 Å². The maximum atomic E-state index is 13.5. The fourth-order valence-corrected chi connectivity index (χ4v) is 4.09. The molecule has 6 heteroatoms. The van der Waals surface area contributed by atoms with Crippen LogP contribution in [0.25, 0.3) is 0 Å². The van der Waals surface area contributed by atoms with Gasteiger partial charge in [0.15, 0.2) is 11.8 Å². The zero-order valence-corrected chi connectivity index (χ0v) is 17.9. The molecule has 1 aliphatic rings.